The Morgan fingerprint density at radius 2 is 1.93 bits per heavy atom. The Labute approximate surface area is 165 Å². The van der Waals surface area contributed by atoms with E-state index in [1.54, 1.807) is 31.2 Å². The Kier molecular flexibility index (Phi) is 6.13. The topological polar surface area (TPSA) is 107 Å². The first-order valence-corrected chi connectivity index (χ1v) is 9.02. The van der Waals surface area contributed by atoms with Crippen LogP contribution in [0.1, 0.15) is 6.92 Å². The van der Waals surface area contributed by atoms with Crippen LogP contribution >= 0.6 is 0 Å². The number of imidazole rings is 1. The predicted octanol–water partition coefficient (Wildman–Crippen LogP) is 0.567. The molecule has 0 amide bonds. The standard InChI is InChI=1S/C19H22N4O6/c1-4-29-15(24)11-21-12-20-17-16(21)18(25)22(9-10-27-2)19(26)23(17)13-7-5-6-8-14(13)28-3/h5-8,12H,4,9-11H2,1-3H3. The summed E-state index contributed by atoms with van der Waals surface area (Å²) in [5.41, 5.74) is -0.472. The van der Waals surface area contributed by atoms with E-state index in [-0.39, 0.29) is 37.5 Å². The minimum absolute atomic E-state index is 0.0455. The van der Waals surface area contributed by atoms with Crippen molar-refractivity contribution >= 4 is 17.1 Å². The van der Waals surface area contributed by atoms with Crippen molar-refractivity contribution in [3.05, 3.63) is 51.4 Å². The minimum atomic E-state index is -0.578. The molecule has 0 unspecified atom stereocenters. The predicted molar refractivity (Wildman–Crippen MR) is 105 cm³/mol. The van der Waals surface area contributed by atoms with Gasteiger partial charge in [0.1, 0.15) is 12.3 Å². The second-order valence-corrected chi connectivity index (χ2v) is 6.09. The van der Waals surface area contributed by atoms with E-state index in [2.05, 4.69) is 4.98 Å². The molecule has 0 fully saturated rings. The summed E-state index contributed by atoms with van der Waals surface area (Å²) in [5, 5.41) is 0. The molecule has 154 valence electrons. The average molecular weight is 402 g/mol. The molecule has 10 nitrogen and oxygen atoms in total. The van der Waals surface area contributed by atoms with Gasteiger partial charge in [0.2, 0.25) is 0 Å². The van der Waals surface area contributed by atoms with Crippen molar-refractivity contribution in [1.29, 1.82) is 0 Å². The Morgan fingerprint density at radius 1 is 1.17 bits per heavy atom. The van der Waals surface area contributed by atoms with Gasteiger partial charge in [-0.3, -0.25) is 14.2 Å². The van der Waals surface area contributed by atoms with Gasteiger partial charge in [0.25, 0.3) is 5.56 Å². The van der Waals surface area contributed by atoms with Crippen molar-refractivity contribution in [3.8, 4) is 11.4 Å². The quantitative estimate of drug-likeness (QED) is 0.507. The molecule has 10 heteroatoms. The number of esters is 1. The fraction of sp³-hybridized carbons (Fsp3) is 0.368. The lowest BCUT2D eigenvalue weighted by molar-refractivity contribution is -0.143. The van der Waals surface area contributed by atoms with Gasteiger partial charge < -0.3 is 18.8 Å². The molecule has 0 N–H and O–H groups in total. The number of para-hydroxylation sites is 2. The first-order chi connectivity index (χ1) is 14.0. The van der Waals surface area contributed by atoms with Crippen molar-refractivity contribution < 1.29 is 19.0 Å². The van der Waals surface area contributed by atoms with Gasteiger partial charge in [0.05, 0.1) is 38.9 Å². The number of carbonyl (C=O) groups is 1. The fourth-order valence-electron chi connectivity index (χ4n) is 3.06. The number of hydrogen-bond donors (Lipinski definition) is 0. The van der Waals surface area contributed by atoms with E-state index in [1.165, 1.54) is 29.7 Å². The number of benzene rings is 1. The number of carbonyl (C=O) groups excluding carboxylic acids is 1. The van der Waals surface area contributed by atoms with Crippen molar-refractivity contribution in [3.63, 3.8) is 0 Å². The van der Waals surface area contributed by atoms with Crippen molar-refractivity contribution in [2.24, 2.45) is 0 Å². The van der Waals surface area contributed by atoms with E-state index in [4.69, 9.17) is 14.2 Å². The molecule has 2 heterocycles. The second kappa shape index (κ2) is 8.74. The lowest BCUT2D eigenvalue weighted by Gasteiger charge is -2.14. The molecule has 1 aromatic carbocycles. The van der Waals surface area contributed by atoms with Crippen molar-refractivity contribution in [2.45, 2.75) is 20.0 Å². The first kappa shape index (κ1) is 20.3. The van der Waals surface area contributed by atoms with E-state index < -0.39 is 17.2 Å². The number of hydrogen-bond acceptors (Lipinski definition) is 7. The van der Waals surface area contributed by atoms with Crippen LogP contribution in [0.25, 0.3) is 16.9 Å². The van der Waals surface area contributed by atoms with Crippen molar-refractivity contribution in [1.82, 2.24) is 18.7 Å². The van der Waals surface area contributed by atoms with Crippen LogP contribution in [0, 0.1) is 0 Å². The molecule has 0 saturated heterocycles. The highest BCUT2D eigenvalue weighted by Crippen LogP contribution is 2.23. The second-order valence-electron chi connectivity index (χ2n) is 6.09. The van der Waals surface area contributed by atoms with Crippen LogP contribution in [0.4, 0.5) is 0 Å². The highest BCUT2D eigenvalue weighted by Gasteiger charge is 2.21. The molecule has 0 spiro atoms. The maximum Gasteiger partial charge on any atom is 0.337 e. The summed E-state index contributed by atoms with van der Waals surface area (Å²) in [6, 6.07) is 6.91. The lowest BCUT2D eigenvalue weighted by Crippen LogP contribution is -2.41. The van der Waals surface area contributed by atoms with Gasteiger partial charge in [-0.2, -0.15) is 0 Å². The summed E-state index contributed by atoms with van der Waals surface area (Å²) in [6.45, 7) is 1.92. The van der Waals surface area contributed by atoms with E-state index >= 15 is 0 Å². The van der Waals surface area contributed by atoms with Gasteiger partial charge in [-0.25, -0.2) is 14.3 Å². The maximum absolute atomic E-state index is 13.2. The Balaban J connectivity index is 2.33. The molecular weight excluding hydrogens is 380 g/mol. The summed E-state index contributed by atoms with van der Waals surface area (Å²) in [6.07, 6.45) is 1.34. The van der Waals surface area contributed by atoms with Crippen LogP contribution in [-0.2, 0) is 27.4 Å². The summed E-state index contributed by atoms with van der Waals surface area (Å²) in [7, 11) is 2.97. The zero-order chi connectivity index (χ0) is 21.0. The summed E-state index contributed by atoms with van der Waals surface area (Å²) < 4.78 is 19.1. The zero-order valence-corrected chi connectivity index (χ0v) is 16.5. The van der Waals surface area contributed by atoms with Crippen LogP contribution in [0.5, 0.6) is 5.75 Å². The molecule has 29 heavy (non-hydrogen) atoms. The molecule has 0 aliphatic rings. The minimum Gasteiger partial charge on any atom is -0.495 e. The normalized spacial score (nSPS) is 11.0. The summed E-state index contributed by atoms with van der Waals surface area (Å²) in [4.78, 5) is 42.5. The molecule has 3 rings (SSSR count). The molecule has 0 aliphatic carbocycles. The summed E-state index contributed by atoms with van der Waals surface area (Å²) in [5.74, 6) is -0.0718. The van der Waals surface area contributed by atoms with Gasteiger partial charge in [-0.1, -0.05) is 12.1 Å². The number of fused-ring (bicyclic) bond motifs is 1. The Hall–Kier alpha value is -3.40. The van der Waals surface area contributed by atoms with E-state index in [0.29, 0.717) is 11.4 Å². The highest BCUT2D eigenvalue weighted by atomic mass is 16.5. The van der Waals surface area contributed by atoms with Crippen LogP contribution in [0.2, 0.25) is 0 Å². The van der Waals surface area contributed by atoms with E-state index in [1.807, 2.05) is 0 Å². The van der Waals surface area contributed by atoms with Crippen LogP contribution in [0.3, 0.4) is 0 Å². The monoisotopic (exact) mass is 402 g/mol. The number of aromatic nitrogens is 4. The lowest BCUT2D eigenvalue weighted by atomic mass is 10.3. The first-order valence-electron chi connectivity index (χ1n) is 9.02. The molecule has 3 aromatic rings. The third-order valence-electron chi connectivity index (χ3n) is 4.35. The molecule has 2 aromatic heterocycles. The maximum atomic E-state index is 13.2. The molecule has 0 bridgehead atoms. The van der Waals surface area contributed by atoms with E-state index in [9.17, 15) is 14.4 Å². The van der Waals surface area contributed by atoms with Crippen LogP contribution < -0.4 is 16.0 Å². The van der Waals surface area contributed by atoms with Gasteiger partial charge >= 0.3 is 11.7 Å². The molecule has 0 aliphatic heterocycles. The van der Waals surface area contributed by atoms with Gasteiger partial charge in [0.15, 0.2) is 11.2 Å². The van der Waals surface area contributed by atoms with Crippen LogP contribution in [0.15, 0.2) is 40.2 Å². The fourth-order valence-corrected chi connectivity index (χ4v) is 3.06. The molecule has 0 saturated carbocycles. The molecular formula is C19H22N4O6. The molecule has 0 radical (unpaired) electrons. The zero-order valence-electron chi connectivity index (χ0n) is 16.5. The summed E-state index contributed by atoms with van der Waals surface area (Å²) >= 11 is 0. The highest BCUT2D eigenvalue weighted by molar-refractivity contribution is 5.76. The number of nitrogens with zero attached hydrogens (tertiary/aromatic N) is 4. The smallest absolute Gasteiger partial charge is 0.337 e. The van der Waals surface area contributed by atoms with Gasteiger partial charge in [0, 0.05) is 7.11 Å². The Morgan fingerprint density at radius 3 is 2.62 bits per heavy atom. The van der Waals surface area contributed by atoms with Gasteiger partial charge in [-0.05, 0) is 19.1 Å². The Bertz CT molecular complexity index is 1140. The third kappa shape index (κ3) is 3.79. The third-order valence-corrected chi connectivity index (χ3v) is 4.35. The average Bonchev–Trinajstić information content (AvgIpc) is 3.11. The number of rotatable bonds is 8. The van der Waals surface area contributed by atoms with Crippen LogP contribution in [-0.4, -0.2) is 52.1 Å². The number of methoxy groups -OCH3 is 2. The van der Waals surface area contributed by atoms with E-state index in [0.717, 1.165) is 4.57 Å². The molecule has 0 atom stereocenters. The number of ether oxygens (including phenoxy) is 3. The van der Waals surface area contributed by atoms with Crippen molar-refractivity contribution in [2.75, 3.05) is 27.4 Å². The SMILES string of the molecule is CCOC(=O)Cn1cnc2c1c(=O)n(CCOC)c(=O)n2-c1ccccc1OC. The largest absolute Gasteiger partial charge is 0.495 e. The van der Waals surface area contributed by atoms with Gasteiger partial charge in [-0.15, -0.1) is 0 Å².